The second-order valence-electron chi connectivity index (χ2n) is 4.98. The van der Waals surface area contributed by atoms with Crippen LogP contribution in [-0.4, -0.2) is 29.0 Å². The van der Waals surface area contributed by atoms with Crippen molar-refractivity contribution in [2.45, 2.75) is 11.4 Å². The summed E-state index contributed by atoms with van der Waals surface area (Å²) in [5.41, 5.74) is 8.25. The smallest absolute Gasteiger partial charge is 0.239 e. The maximum absolute atomic E-state index is 12.1. The van der Waals surface area contributed by atoms with Crippen LogP contribution in [0.25, 0.3) is 22.5 Å². The molecule has 0 unspecified atom stereocenters. The Balaban J connectivity index is 2.34. The fourth-order valence-electron chi connectivity index (χ4n) is 2.39. The number of nitrogens with one attached hydrogen (secondary N) is 1. The van der Waals surface area contributed by atoms with Crippen molar-refractivity contribution < 1.29 is 8.42 Å². The summed E-state index contributed by atoms with van der Waals surface area (Å²) in [6.07, 6.45) is 0. The van der Waals surface area contributed by atoms with Crippen LogP contribution in [0, 0.1) is 0 Å². The number of aromatic amines is 1. The molecule has 0 fully saturated rings. The number of tetrazole rings is 1. The highest BCUT2D eigenvalue weighted by molar-refractivity contribution is 9.10. The first-order valence-corrected chi connectivity index (χ1v) is 9.14. The number of aromatic nitrogens is 4. The average molecular weight is 409 g/mol. The molecule has 0 aliphatic carbocycles. The van der Waals surface area contributed by atoms with E-state index in [0.29, 0.717) is 16.6 Å². The van der Waals surface area contributed by atoms with Crippen molar-refractivity contribution >= 4 is 26.0 Å². The van der Waals surface area contributed by atoms with Crippen LogP contribution < -0.4 is 10.9 Å². The first-order chi connectivity index (χ1) is 11.4. The Labute approximate surface area is 146 Å². The van der Waals surface area contributed by atoms with Crippen molar-refractivity contribution in [3.8, 4) is 22.5 Å². The van der Waals surface area contributed by atoms with Gasteiger partial charge in [0, 0.05) is 11.0 Å². The predicted molar refractivity (Wildman–Crippen MR) is 92.0 cm³/mol. The van der Waals surface area contributed by atoms with Gasteiger partial charge in [-0.2, -0.15) is 5.21 Å². The van der Waals surface area contributed by atoms with Crippen molar-refractivity contribution in [2.75, 3.05) is 0 Å². The van der Waals surface area contributed by atoms with E-state index in [-0.39, 0.29) is 16.3 Å². The Morgan fingerprint density at radius 3 is 2.38 bits per heavy atom. The van der Waals surface area contributed by atoms with Crippen LogP contribution in [0.2, 0.25) is 0 Å². The third-order valence-electron chi connectivity index (χ3n) is 3.46. The number of primary sulfonamides is 1. The summed E-state index contributed by atoms with van der Waals surface area (Å²) < 4.78 is 24.5. The Bertz CT molecular complexity index is 971. The second kappa shape index (κ2) is 6.40. The molecule has 5 N–H and O–H groups in total. The van der Waals surface area contributed by atoms with Gasteiger partial charge in [-0.05, 0) is 43.9 Å². The van der Waals surface area contributed by atoms with Crippen LogP contribution in [0.1, 0.15) is 5.56 Å². The molecule has 0 atom stereocenters. The van der Waals surface area contributed by atoms with Crippen LogP contribution in [0.3, 0.4) is 0 Å². The number of hydrogen-bond donors (Lipinski definition) is 3. The topological polar surface area (TPSA) is 141 Å². The number of nitrogens with zero attached hydrogens (tertiary/aromatic N) is 3. The van der Waals surface area contributed by atoms with Crippen molar-refractivity contribution in [2.24, 2.45) is 10.9 Å². The number of halogens is 1. The van der Waals surface area contributed by atoms with E-state index in [4.69, 9.17) is 10.9 Å². The summed E-state index contributed by atoms with van der Waals surface area (Å²) in [7, 11) is -4.02. The van der Waals surface area contributed by atoms with Gasteiger partial charge < -0.3 is 5.73 Å². The number of nitrogens with two attached hydrogens (primary N) is 2. The number of rotatable bonds is 4. The molecule has 0 radical (unpaired) electrons. The van der Waals surface area contributed by atoms with E-state index in [9.17, 15) is 8.42 Å². The highest BCUT2D eigenvalue weighted by Crippen LogP contribution is 2.38. The third kappa shape index (κ3) is 3.08. The van der Waals surface area contributed by atoms with Crippen LogP contribution in [0.4, 0.5) is 0 Å². The van der Waals surface area contributed by atoms with Crippen molar-refractivity contribution in [1.82, 2.24) is 20.6 Å². The minimum absolute atomic E-state index is 0.0932. The lowest BCUT2D eigenvalue weighted by Crippen LogP contribution is -2.15. The monoisotopic (exact) mass is 408 g/mol. The maximum atomic E-state index is 12.1. The minimum atomic E-state index is -4.02. The molecule has 124 valence electrons. The lowest BCUT2D eigenvalue weighted by Gasteiger charge is -2.13. The van der Waals surface area contributed by atoms with E-state index in [1.807, 2.05) is 24.3 Å². The fourth-order valence-corrected chi connectivity index (χ4v) is 4.22. The fraction of sp³-hybridized carbons (Fsp3) is 0.0714. The molecule has 3 rings (SSSR count). The molecule has 0 aliphatic heterocycles. The Kier molecular flexibility index (Phi) is 4.45. The van der Waals surface area contributed by atoms with E-state index in [0.717, 1.165) is 11.1 Å². The van der Waals surface area contributed by atoms with E-state index in [1.165, 1.54) is 0 Å². The largest absolute Gasteiger partial charge is 0.326 e. The van der Waals surface area contributed by atoms with Gasteiger partial charge in [0.15, 0.2) is 0 Å². The van der Waals surface area contributed by atoms with Gasteiger partial charge in [-0.15, -0.1) is 10.2 Å². The number of hydrogen-bond acceptors (Lipinski definition) is 6. The lowest BCUT2D eigenvalue weighted by atomic mass is 9.98. The molecule has 0 saturated carbocycles. The molecule has 2 aromatic carbocycles. The molecule has 0 bridgehead atoms. The van der Waals surface area contributed by atoms with Gasteiger partial charge in [-0.1, -0.05) is 30.3 Å². The molecule has 8 nitrogen and oxygen atoms in total. The lowest BCUT2D eigenvalue weighted by molar-refractivity contribution is 0.597. The summed E-state index contributed by atoms with van der Waals surface area (Å²) >= 11 is 3.24. The third-order valence-corrected chi connectivity index (χ3v) is 5.38. The molecular formula is C14H13BrN6O2S. The summed E-state index contributed by atoms with van der Waals surface area (Å²) in [6, 6.07) is 10.8. The normalized spacial score (nSPS) is 11.6. The van der Waals surface area contributed by atoms with Gasteiger partial charge in [0.05, 0.1) is 5.56 Å². The molecule has 0 aliphatic rings. The first-order valence-electron chi connectivity index (χ1n) is 6.80. The van der Waals surface area contributed by atoms with Crippen molar-refractivity contribution in [3.63, 3.8) is 0 Å². The van der Waals surface area contributed by atoms with Gasteiger partial charge in [0.25, 0.3) is 0 Å². The van der Waals surface area contributed by atoms with Gasteiger partial charge in [0.2, 0.25) is 15.8 Å². The van der Waals surface area contributed by atoms with E-state index < -0.39 is 10.0 Å². The van der Waals surface area contributed by atoms with E-state index >= 15 is 0 Å². The van der Waals surface area contributed by atoms with Crippen LogP contribution in [-0.2, 0) is 16.6 Å². The summed E-state index contributed by atoms with van der Waals surface area (Å²) in [5.74, 6) is 0.137. The molecule has 0 saturated heterocycles. The molecule has 0 amide bonds. The van der Waals surface area contributed by atoms with Gasteiger partial charge in [-0.3, -0.25) is 0 Å². The van der Waals surface area contributed by atoms with Gasteiger partial charge in [-0.25, -0.2) is 13.6 Å². The SMILES string of the molecule is NCc1ccc(-c2ccc(Br)c(S(N)(=O)=O)c2-c2nn[nH]n2)cc1. The molecular weight excluding hydrogens is 396 g/mol. The zero-order valence-electron chi connectivity index (χ0n) is 12.3. The minimum Gasteiger partial charge on any atom is -0.326 e. The molecule has 24 heavy (non-hydrogen) atoms. The molecule has 10 heteroatoms. The van der Waals surface area contributed by atoms with Crippen LogP contribution in [0.15, 0.2) is 45.8 Å². The van der Waals surface area contributed by atoms with Crippen LogP contribution in [0.5, 0.6) is 0 Å². The Morgan fingerprint density at radius 2 is 1.83 bits per heavy atom. The molecule has 3 aromatic rings. The Hall–Kier alpha value is -2.14. The average Bonchev–Trinajstić information content (AvgIpc) is 3.07. The quantitative estimate of drug-likeness (QED) is 0.595. The number of benzene rings is 2. The van der Waals surface area contributed by atoms with E-state index in [1.54, 1.807) is 12.1 Å². The summed E-state index contributed by atoms with van der Waals surface area (Å²) in [6.45, 7) is 0.417. The summed E-state index contributed by atoms with van der Waals surface area (Å²) in [5, 5.41) is 19.1. The predicted octanol–water partition coefficient (Wildman–Crippen LogP) is 1.40. The first kappa shape index (κ1) is 16.7. The summed E-state index contributed by atoms with van der Waals surface area (Å²) in [4.78, 5) is -0.0932. The van der Waals surface area contributed by atoms with Gasteiger partial charge in [0.1, 0.15) is 4.90 Å². The van der Waals surface area contributed by atoms with E-state index in [2.05, 4.69) is 36.6 Å². The molecule has 1 aromatic heterocycles. The maximum Gasteiger partial charge on any atom is 0.239 e. The standard InChI is InChI=1S/C14H13BrN6O2S/c15-11-6-5-10(9-3-1-8(7-16)2-4-9)12(13(11)24(17,22)23)14-18-20-21-19-14/h1-6H,7,16H2,(H2,17,22,23)(H,18,19,20,21). The molecule has 0 spiro atoms. The number of H-pyrrole nitrogens is 1. The Morgan fingerprint density at radius 1 is 1.12 bits per heavy atom. The highest BCUT2D eigenvalue weighted by atomic mass is 79.9. The highest BCUT2D eigenvalue weighted by Gasteiger charge is 2.25. The van der Waals surface area contributed by atoms with Crippen molar-refractivity contribution in [1.29, 1.82) is 0 Å². The molecule has 1 heterocycles. The zero-order chi connectivity index (χ0) is 17.3. The van der Waals surface area contributed by atoms with Gasteiger partial charge >= 0.3 is 0 Å². The van der Waals surface area contributed by atoms with Crippen molar-refractivity contribution in [3.05, 3.63) is 46.4 Å². The zero-order valence-corrected chi connectivity index (χ0v) is 14.7. The second-order valence-corrected chi connectivity index (χ2v) is 7.33. The van der Waals surface area contributed by atoms with Crippen LogP contribution >= 0.6 is 15.9 Å². The number of sulfonamides is 1.